The lowest BCUT2D eigenvalue weighted by atomic mass is 10.1. The van der Waals surface area contributed by atoms with Crippen molar-refractivity contribution in [2.75, 3.05) is 14.2 Å². The molecule has 2 rings (SSSR count). The minimum Gasteiger partial charge on any atom is -0.497 e. The summed E-state index contributed by atoms with van der Waals surface area (Å²) in [6.07, 6.45) is 2.83. The Morgan fingerprint density at radius 1 is 1.25 bits per heavy atom. The zero-order chi connectivity index (χ0) is 14.7. The van der Waals surface area contributed by atoms with Crippen LogP contribution in [0.15, 0.2) is 30.7 Å². The number of rotatable bonds is 5. The molecule has 0 unspecified atom stereocenters. The van der Waals surface area contributed by atoms with E-state index in [1.807, 2.05) is 19.1 Å². The molecule has 6 nitrogen and oxygen atoms in total. The van der Waals surface area contributed by atoms with Gasteiger partial charge in [-0.2, -0.15) is 0 Å². The Morgan fingerprint density at radius 2 is 1.85 bits per heavy atom. The van der Waals surface area contributed by atoms with Gasteiger partial charge in [0.15, 0.2) is 0 Å². The zero-order valence-electron chi connectivity index (χ0n) is 11.5. The van der Waals surface area contributed by atoms with Crippen molar-refractivity contribution in [3.63, 3.8) is 0 Å². The number of hydrogen-bond acceptors (Lipinski definition) is 4. The molecule has 0 spiro atoms. The van der Waals surface area contributed by atoms with E-state index in [0.29, 0.717) is 11.5 Å². The number of benzene rings is 1. The average molecular weight is 276 g/mol. The molecule has 0 radical (unpaired) electrons. The van der Waals surface area contributed by atoms with Crippen molar-refractivity contribution < 1.29 is 19.4 Å². The maximum Gasteiger partial charge on any atom is 0.354 e. The molecular weight excluding hydrogens is 260 g/mol. The minimum atomic E-state index is -1.01. The third-order valence-corrected chi connectivity index (χ3v) is 3.16. The number of nitrogens with zero attached hydrogens (tertiary/aromatic N) is 2. The molecule has 0 bridgehead atoms. The summed E-state index contributed by atoms with van der Waals surface area (Å²) >= 11 is 0. The number of methoxy groups -OCH3 is 2. The molecule has 0 amide bonds. The van der Waals surface area contributed by atoms with Gasteiger partial charge in [0, 0.05) is 6.07 Å². The van der Waals surface area contributed by atoms with Gasteiger partial charge in [-0.25, -0.2) is 9.78 Å². The van der Waals surface area contributed by atoms with Gasteiger partial charge in [0.2, 0.25) is 0 Å². The van der Waals surface area contributed by atoms with E-state index < -0.39 is 5.97 Å². The van der Waals surface area contributed by atoms with Crippen molar-refractivity contribution in [1.29, 1.82) is 0 Å². The minimum absolute atomic E-state index is 0.138. The smallest absolute Gasteiger partial charge is 0.354 e. The van der Waals surface area contributed by atoms with E-state index >= 15 is 0 Å². The second kappa shape index (κ2) is 5.64. The number of aromatic nitrogens is 2. The molecule has 106 valence electrons. The standard InChI is InChI=1S/C14H16N2O4/c1-9(16-8-15-7-13(16)14(17)18)10-4-11(19-2)6-12(5-10)20-3/h4-9H,1-3H3,(H,17,18)/t9-/m1/s1. The van der Waals surface area contributed by atoms with Gasteiger partial charge in [0.25, 0.3) is 0 Å². The average Bonchev–Trinajstić information content (AvgIpc) is 2.95. The first-order valence-electron chi connectivity index (χ1n) is 6.05. The number of carbonyl (C=O) groups is 1. The molecule has 1 atom stereocenters. The highest BCUT2D eigenvalue weighted by molar-refractivity contribution is 5.85. The fourth-order valence-corrected chi connectivity index (χ4v) is 2.01. The molecule has 0 saturated heterocycles. The van der Waals surface area contributed by atoms with E-state index in [9.17, 15) is 4.79 Å². The normalized spacial score (nSPS) is 11.9. The fourth-order valence-electron chi connectivity index (χ4n) is 2.01. The predicted molar refractivity (Wildman–Crippen MR) is 72.5 cm³/mol. The number of ether oxygens (including phenoxy) is 2. The number of aromatic carboxylic acids is 1. The number of carboxylic acids is 1. The Morgan fingerprint density at radius 3 is 2.35 bits per heavy atom. The molecule has 0 aliphatic heterocycles. The van der Waals surface area contributed by atoms with E-state index in [-0.39, 0.29) is 11.7 Å². The van der Waals surface area contributed by atoms with E-state index in [0.717, 1.165) is 5.56 Å². The van der Waals surface area contributed by atoms with Crippen molar-refractivity contribution in [3.8, 4) is 11.5 Å². The van der Waals surface area contributed by atoms with Gasteiger partial charge >= 0.3 is 5.97 Å². The van der Waals surface area contributed by atoms with Gasteiger partial charge in [0.05, 0.1) is 32.8 Å². The molecular formula is C14H16N2O4. The molecule has 20 heavy (non-hydrogen) atoms. The molecule has 0 aliphatic rings. The van der Waals surface area contributed by atoms with Crippen molar-refractivity contribution in [2.24, 2.45) is 0 Å². The molecule has 1 heterocycles. The number of hydrogen-bond donors (Lipinski definition) is 1. The zero-order valence-corrected chi connectivity index (χ0v) is 11.5. The molecule has 0 saturated carbocycles. The van der Waals surface area contributed by atoms with Gasteiger partial charge in [-0.3, -0.25) is 0 Å². The highest BCUT2D eigenvalue weighted by Gasteiger charge is 2.17. The molecule has 6 heteroatoms. The summed E-state index contributed by atoms with van der Waals surface area (Å²) in [4.78, 5) is 15.0. The van der Waals surface area contributed by atoms with Crippen LogP contribution in [0.3, 0.4) is 0 Å². The Kier molecular flexibility index (Phi) is 3.93. The van der Waals surface area contributed by atoms with Crippen LogP contribution in [0.1, 0.15) is 29.0 Å². The van der Waals surface area contributed by atoms with Gasteiger partial charge in [-0.15, -0.1) is 0 Å². The molecule has 0 fully saturated rings. The second-order valence-corrected chi connectivity index (χ2v) is 4.31. The van der Waals surface area contributed by atoms with Crippen LogP contribution in [0.2, 0.25) is 0 Å². The number of carboxylic acid groups (broad SMARTS) is 1. The summed E-state index contributed by atoms with van der Waals surface area (Å²) in [6.45, 7) is 1.89. The first-order chi connectivity index (χ1) is 9.56. The Bertz CT molecular complexity index is 599. The lowest BCUT2D eigenvalue weighted by molar-refractivity contribution is 0.0684. The highest BCUT2D eigenvalue weighted by atomic mass is 16.5. The van der Waals surface area contributed by atoms with Gasteiger partial charge in [-0.1, -0.05) is 0 Å². The molecule has 0 aliphatic carbocycles. The molecule has 1 aromatic heterocycles. The summed E-state index contributed by atoms with van der Waals surface area (Å²) in [5.74, 6) is 0.301. The molecule has 1 aromatic carbocycles. The summed E-state index contributed by atoms with van der Waals surface area (Å²) in [5.41, 5.74) is 1.01. The quantitative estimate of drug-likeness (QED) is 0.906. The van der Waals surface area contributed by atoms with Crippen LogP contribution >= 0.6 is 0 Å². The SMILES string of the molecule is COc1cc(OC)cc([C@@H](C)n2cncc2C(=O)O)c1. The third kappa shape index (κ3) is 2.59. The van der Waals surface area contributed by atoms with Crippen molar-refractivity contribution in [3.05, 3.63) is 42.0 Å². The maximum absolute atomic E-state index is 11.2. The van der Waals surface area contributed by atoms with Crippen LogP contribution < -0.4 is 9.47 Å². The van der Waals surface area contributed by atoms with Crippen LogP contribution in [0.25, 0.3) is 0 Å². The Hall–Kier alpha value is -2.50. The highest BCUT2D eigenvalue weighted by Crippen LogP contribution is 2.28. The van der Waals surface area contributed by atoms with Crippen LogP contribution in [-0.2, 0) is 0 Å². The van der Waals surface area contributed by atoms with E-state index in [2.05, 4.69) is 4.98 Å². The Labute approximate surface area is 116 Å². The van der Waals surface area contributed by atoms with E-state index in [1.165, 1.54) is 12.5 Å². The van der Waals surface area contributed by atoms with Crippen LogP contribution in [-0.4, -0.2) is 34.8 Å². The summed E-state index contributed by atoms with van der Waals surface area (Å²) in [7, 11) is 3.15. The first kappa shape index (κ1) is 13.9. The largest absolute Gasteiger partial charge is 0.497 e. The van der Waals surface area contributed by atoms with Crippen LogP contribution in [0.4, 0.5) is 0 Å². The topological polar surface area (TPSA) is 73.6 Å². The molecule has 1 N–H and O–H groups in total. The predicted octanol–water partition coefficient (Wildman–Crippen LogP) is 2.21. The first-order valence-corrected chi connectivity index (χ1v) is 6.05. The van der Waals surface area contributed by atoms with E-state index in [4.69, 9.17) is 14.6 Å². The van der Waals surface area contributed by atoms with Crippen LogP contribution in [0.5, 0.6) is 11.5 Å². The summed E-state index contributed by atoms with van der Waals surface area (Å²) < 4.78 is 12.0. The van der Waals surface area contributed by atoms with Crippen molar-refractivity contribution in [2.45, 2.75) is 13.0 Å². The number of imidazole rings is 1. The molecule has 2 aromatic rings. The lowest BCUT2D eigenvalue weighted by Gasteiger charge is -2.17. The maximum atomic E-state index is 11.2. The van der Waals surface area contributed by atoms with Gasteiger partial charge < -0.3 is 19.1 Å². The van der Waals surface area contributed by atoms with Crippen molar-refractivity contribution >= 4 is 5.97 Å². The van der Waals surface area contributed by atoms with E-state index in [1.54, 1.807) is 24.9 Å². The van der Waals surface area contributed by atoms with Gasteiger partial charge in [0.1, 0.15) is 17.2 Å². The fraction of sp³-hybridized carbons (Fsp3) is 0.286. The summed E-state index contributed by atoms with van der Waals surface area (Å²) in [6, 6.07) is 5.26. The third-order valence-electron chi connectivity index (χ3n) is 3.16. The monoisotopic (exact) mass is 276 g/mol. The Balaban J connectivity index is 2.44. The van der Waals surface area contributed by atoms with Crippen LogP contribution in [0, 0.1) is 0 Å². The van der Waals surface area contributed by atoms with Gasteiger partial charge in [-0.05, 0) is 24.6 Å². The lowest BCUT2D eigenvalue weighted by Crippen LogP contribution is -2.13. The van der Waals surface area contributed by atoms with Crippen molar-refractivity contribution in [1.82, 2.24) is 9.55 Å². The second-order valence-electron chi connectivity index (χ2n) is 4.31. The summed E-state index contributed by atoms with van der Waals surface area (Å²) in [5, 5.41) is 9.14.